The van der Waals surface area contributed by atoms with Crippen molar-refractivity contribution in [1.82, 2.24) is 29.0 Å². The highest BCUT2D eigenvalue weighted by Gasteiger charge is 2.55. The van der Waals surface area contributed by atoms with Gasteiger partial charge in [-0.1, -0.05) is 0 Å². The van der Waals surface area contributed by atoms with Crippen LogP contribution in [-0.4, -0.2) is 53.2 Å². The zero-order valence-corrected chi connectivity index (χ0v) is 19.1. The molecule has 1 aliphatic carbocycles. The van der Waals surface area contributed by atoms with Gasteiger partial charge in [0.2, 0.25) is 11.7 Å². The third kappa shape index (κ3) is 3.30. The van der Waals surface area contributed by atoms with E-state index in [-0.39, 0.29) is 28.6 Å². The first-order valence-electron chi connectivity index (χ1n) is 11.2. The smallest absolute Gasteiger partial charge is 0.262 e. The molecule has 4 aromatic rings. The van der Waals surface area contributed by atoms with Crippen molar-refractivity contribution in [3.05, 3.63) is 48.1 Å². The molecule has 10 nitrogen and oxygen atoms in total. The van der Waals surface area contributed by atoms with Gasteiger partial charge >= 0.3 is 0 Å². The maximum absolute atomic E-state index is 13.4. The van der Waals surface area contributed by atoms with Crippen LogP contribution >= 0.6 is 0 Å². The van der Waals surface area contributed by atoms with Crippen molar-refractivity contribution in [3.63, 3.8) is 0 Å². The first-order chi connectivity index (χ1) is 16.2. The fraction of sp³-hybridized carbons (Fsp3) is 0.435. The van der Waals surface area contributed by atoms with Gasteiger partial charge in [0.25, 0.3) is 5.91 Å². The Balaban J connectivity index is 1.38. The summed E-state index contributed by atoms with van der Waals surface area (Å²) in [6.45, 7) is 6.51. The minimum Gasteiger partial charge on any atom is -0.474 e. The molecule has 2 fully saturated rings. The predicted molar refractivity (Wildman–Crippen MR) is 120 cm³/mol. The van der Waals surface area contributed by atoms with E-state index in [1.54, 1.807) is 10.6 Å². The van der Waals surface area contributed by atoms with E-state index < -0.39 is 11.7 Å². The Labute approximate surface area is 194 Å². The highest BCUT2D eigenvalue weighted by Crippen LogP contribution is 2.53. The van der Waals surface area contributed by atoms with Crippen molar-refractivity contribution in [1.29, 1.82) is 0 Å². The van der Waals surface area contributed by atoms with E-state index >= 15 is 0 Å². The third-order valence-electron chi connectivity index (χ3n) is 6.66. The van der Waals surface area contributed by atoms with Crippen LogP contribution in [0.15, 0.2) is 31.0 Å². The summed E-state index contributed by atoms with van der Waals surface area (Å²) in [6, 6.07) is 0. The molecule has 176 valence electrons. The van der Waals surface area contributed by atoms with Gasteiger partial charge in [-0.05, 0) is 40.0 Å². The van der Waals surface area contributed by atoms with E-state index in [2.05, 4.69) is 27.3 Å². The summed E-state index contributed by atoms with van der Waals surface area (Å²) < 4.78 is 28.4. The molecule has 5 heterocycles. The number of carbonyl (C=O) groups is 1. The van der Waals surface area contributed by atoms with Gasteiger partial charge in [0.15, 0.2) is 11.5 Å². The number of fused-ring (bicyclic) bond motifs is 4. The summed E-state index contributed by atoms with van der Waals surface area (Å²) in [5.41, 5.74) is 1.61. The van der Waals surface area contributed by atoms with Gasteiger partial charge in [-0.15, -0.1) is 0 Å². The average Bonchev–Trinajstić information content (AvgIpc) is 3.53. The summed E-state index contributed by atoms with van der Waals surface area (Å²) in [6.07, 6.45) is 10.0. The molecule has 0 aromatic carbocycles. The number of amides is 1. The van der Waals surface area contributed by atoms with E-state index in [9.17, 15) is 9.18 Å². The number of nitrogens with zero attached hydrogens (tertiary/aromatic N) is 6. The van der Waals surface area contributed by atoms with Crippen LogP contribution in [0.2, 0.25) is 0 Å². The summed E-state index contributed by atoms with van der Waals surface area (Å²) in [5, 5.41) is 6.84. The normalized spacial score (nSPS) is 23.9. The number of imidazole rings is 1. The van der Waals surface area contributed by atoms with Crippen LogP contribution in [0.3, 0.4) is 0 Å². The minimum atomic E-state index is -0.527. The molecular formula is C23H24FN7O3. The van der Waals surface area contributed by atoms with Gasteiger partial charge in [-0.2, -0.15) is 10.1 Å². The van der Waals surface area contributed by atoms with Crippen LogP contribution in [0, 0.1) is 5.82 Å². The Bertz CT molecular complexity index is 1440. The Morgan fingerprint density at radius 2 is 2.09 bits per heavy atom. The number of carbonyl (C=O) groups excluding carboxylic acids is 1. The Hall–Kier alpha value is -3.60. The number of nitrogens with one attached hydrogen (secondary N) is 1. The molecule has 1 amide bonds. The molecule has 2 bridgehead atoms. The fourth-order valence-electron chi connectivity index (χ4n) is 5.01. The molecule has 0 spiro atoms. The van der Waals surface area contributed by atoms with Crippen LogP contribution < -0.4 is 10.1 Å². The van der Waals surface area contributed by atoms with Crippen LogP contribution in [0.4, 0.5) is 10.1 Å². The maximum Gasteiger partial charge on any atom is 0.262 e. The molecule has 2 aliphatic rings. The number of ether oxygens (including phenoxy) is 2. The lowest BCUT2D eigenvalue weighted by Gasteiger charge is -2.24. The standard InChI is InChI=1S/C23H24FN7O3/c1-13(2)34-20-15(19(32)27-16-7-26-31-8-14(24)6-25-18(16)31)9-30-10-17(28-21(30)29-20)23-5-4-22(3,11-23)33-12-23/h6-10,13H,4-5,11-12H2,1-3H3,(H,27,32)/t22-,23-/m0/s1. The highest BCUT2D eigenvalue weighted by atomic mass is 19.1. The van der Waals surface area contributed by atoms with E-state index in [0.29, 0.717) is 23.7 Å². The lowest BCUT2D eigenvalue weighted by Crippen LogP contribution is -2.26. The minimum absolute atomic E-state index is 0.0918. The Morgan fingerprint density at radius 3 is 2.79 bits per heavy atom. The van der Waals surface area contributed by atoms with E-state index in [1.165, 1.54) is 16.9 Å². The van der Waals surface area contributed by atoms with Crippen LogP contribution in [0.25, 0.3) is 11.4 Å². The lowest BCUT2D eigenvalue weighted by atomic mass is 9.84. The van der Waals surface area contributed by atoms with Crippen molar-refractivity contribution < 1.29 is 18.7 Å². The number of hydrogen-bond acceptors (Lipinski definition) is 7. The average molecular weight is 465 g/mol. The Kier molecular flexibility index (Phi) is 4.44. The van der Waals surface area contributed by atoms with Crippen LogP contribution in [0.5, 0.6) is 5.88 Å². The van der Waals surface area contributed by atoms with Crippen molar-refractivity contribution in [2.45, 2.75) is 57.2 Å². The second-order valence-electron chi connectivity index (χ2n) is 9.71. The third-order valence-corrected chi connectivity index (χ3v) is 6.66. The van der Waals surface area contributed by atoms with Crippen LogP contribution in [0.1, 0.15) is 56.1 Å². The molecule has 2 atom stereocenters. The summed E-state index contributed by atoms with van der Waals surface area (Å²) in [4.78, 5) is 26.7. The first kappa shape index (κ1) is 21.0. The molecule has 0 unspecified atom stereocenters. The topological polar surface area (TPSA) is 108 Å². The van der Waals surface area contributed by atoms with Gasteiger partial charge in [0.05, 0.1) is 42.6 Å². The van der Waals surface area contributed by atoms with Crippen molar-refractivity contribution >= 4 is 23.0 Å². The quantitative estimate of drug-likeness (QED) is 0.482. The molecule has 4 aromatic heterocycles. The molecule has 1 N–H and O–H groups in total. The molecular weight excluding hydrogens is 441 g/mol. The monoisotopic (exact) mass is 465 g/mol. The molecule has 1 saturated carbocycles. The van der Waals surface area contributed by atoms with Gasteiger partial charge in [-0.25, -0.2) is 18.9 Å². The zero-order chi connectivity index (χ0) is 23.7. The highest BCUT2D eigenvalue weighted by molar-refractivity contribution is 6.07. The number of rotatable bonds is 5. The van der Waals surface area contributed by atoms with Crippen LogP contribution in [-0.2, 0) is 10.2 Å². The Morgan fingerprint density at radius 1 is 1.24 bits per heavy atom. The molecule has 1 aliphatic heterocycles. The van der Waals surface area contributed by atoms with Gasteiger partial charge in [-0.3, -0.25) is 9.20 Å². The molecule has 6 rings (SSSR count). The molecule has 1 saturated heterocycles. The molecule has 34 heavy (non-hydrogen) atoms. The number of aromatic nitrogens is 6. The van der Waals surface area contributed by atoms with Crippen molar-refractivity contribution in [2.75, 3.05) is 11.9 Å². The molecule has 11 heteroatoms. The second kappa shape index (κ2) is 7.20. The largest absolute Gasteiger partial charge is 0.474 e. The SMILES string of the molecule is CC(C)Oc1nc2nc([C@@]34CC[C@@](C)(C3)OC4)cn2cc1C(=O)Nc1cnn2cc(F)cnc12. The van der Waals surface area contributed by atoms with Gasteiger partial charge < -0.3 is 14.8 Å². The zero-order valence-electron chi connectivity index (χ0n) is 19.1. The number of anilines is 1. The van der Waals surface area contributed by atoms with Crippen molar-refractivity contribution in [2.24, 2.45) is 0 Å². The summed E-state index contributed by atoms with van der Waals surface area (Å²) in [7, 11) is 0. The van der Waals surface area contributed by atoms with Crippen molar-refractivity contribution in [3.8, 4) is 5.88 Å². The number of hydrogen-bond donors (Lipinski definition) is 1. The molecule has 0 radical (unpaired) electrons. The summed E-state index contributed by atoms with van der Waals surface area (Å²) >= 11 is 0. The first-order valence-corrected chi connectivity index (χ1v) is 11.2. The van der Waals surface area contributed by atoms with E-state index in [1.807, 2.05) is 20.0 Å². The maximum atomic E-state index is 13.4. The summed E-state index contributed by atoms with van der Waals surface area (Å²) in [5.74, 6) is -0.326. The lowest BCUT2D eigenvalue weighted by molar-refractivity contribution is -0.00627. The van der Waals surface area contributed by atoms with Gasteiger partial charge in [0, 0.05) is 17.8 Å². The van der Waals surface area contributed by atoms with Gasteiger partial charge in [0.1, 0.15) is 11.3 Å². The predicted octanol–water partition coefficient (Wildman–Crippen LogP) is 3.16. The number of halogens is 1. The van der Waals surface area contributed by atoms with E-state index in [0.717, 1.165) is 31.2 Å². The second-order valence-corrected chi connectivity index (χ2v) is 9.71. The van der Waals surface area contributed by atoms with E-state index in [4.69, 9.17) is 14.5 Å². The fourth-order valence-corrected chi connectivity index (χ4v) is 5.01.